The van der Waals surface area contributed by atoms with Gasteiger partial charge in [-0.1, -0.05) is 32.5 Å². The lowest BCUT2D eigenvalue weighted by atomic mass is 10.2. The van der Waals surface area contributed by atoms with E-state index in [1.54, 1.807) is 23.4 Å². The molecule has 1 aromatic heterocycles. The third kappa shape index (κ3) is 3.39. The van der Waals surface area contributed by atoms with Gasteiger partial charge in [-0.25, -0.2) is 4.98 Å². The predicted octanol–water partition coefficient (Wildman–Crippen LogP) is 4.14. The molecular formula is C14H19BrN2OS. The summed E-state index contributed by atoms with van der Waals surface area (Å²) in [5.74, 6) is 0.898. The summed E-state index contributed by atoms with van der Waals surface area (Å²) >= 11 is 5.05. The maximum absolute atomic E-state index is 12.2. The zero-order valence-electron chi connectivity index (χ0n) is 12.0. The van der Waals surface area contributed by atoms with Crippen molar-refractivity contribution in [2.24, 2.45) is 7.05 Å². The summed E-state index contributed by atoms with van der Waals surface area (Å²) in [5, 5.41) is 1.43. The Hall–Kier alpha value is -0.810. The van der Waals surface area contributed by atoms with Crippen LogP contribution in [-0.2, 0) is 7.05 Å². The lowest BCUT2D eigenvalue weighted by molar-refractivity contribution is 0.726. The first-order valence-corrected chi connectivity index (χ1v) is 8.12. The molecule has 0 atom stereocenters. The fourth-order valence-corrected chi connectivity index (χ4v) is 3.06. The van der Waals surface area contributed by atoms with E-state index >= 15 is 0 Å². The predicted molar refractivity (Wildman–Crippen MR) is 87.2 cm³/mol. The molecule has 0 amide bonds. The number of thioether (sulfide) groups is 1. The summed E-state index contributed by atoms with van der Waals surface area (Å²) in [7, 11) is 1.77. The minimum absolute atomic E-state index is 0.00958. The Balaban J connectivity index is 0.000000861. The third-order valence-electron chi connectivity index (χ3n) is 2.51. The summed E-state index contributed by atoms with van der Waals surface area (Å²) in [6.07, 6.45) is 0. The molecule has 0 radical (unpaired) electrons. The topological polar surface area (TPSA) is 34.9 Å². The van der Waals surface area contributed by atoms with E-state index in [2.05, 4.69) is 20.9 Å². The van der Waals surface area contributed by atoms with E-state index in [0.29, 0.717) is 5.39 Å². The minimum Gasteiger partial charge on any atom is -0.290 e. The van der Waals surface area contributed by atoms with Crippen molar-refractivity contribution in [2.75, 3.05) is 5.75 Å². The Morgan fingerprint density at radius 2 is 2.00 bits per heavy atom. The van der Waals surface area contributed by atoms with Crippen LogP contribution in [0.3, 0.4) is 0 Å². The van der Waals surface area contributed by atoms with Crippen molar-refractivity contribution in [1.29, 1.82) is 0 Å². The summed E-state index contributed by atoms with van der Waals surface area (Å²) in [6, 6.07) is 3.87. The van der Waals surface area contributed by atoms with Crippen molar-refractivity contribution >= 4 is 38.6 Å². The maximum Gasteiger partial charge on any atom is 0.261 e. The van der Waals surface area contributed by atoms with Crippen LogP contribution in [0.5, 0.6) is 0 Å². The fraction of sp³-hybridized carbons (Fsp3) is 0.429. The summed E-state index contributed by atoms with van der Waals surface area (Å²) in [4.78, 5) is 16.8. The Labute approximate surface area is 126 Å². The van der Waals surface area contributed by atoms with Crippen LogP contribution in [0.4, 0.5) is 0 Å². The number of hydrogen-bond acceptors (Lipinski definition) is 3. The van der Waals surface area contributed by atoms with E-state index in [-0.39, 0.29) is 5.56 Å². The monoisotopic (exact) mass is 342 g/mol. The SMILES string of the molecule is CC.CCSc1nc2c(Br)cc(C)cc2c(=O)n1C. The molecule has 0 aliphatic rings. The molecule has 0 unspecified atom stereocenters. The van der Waals surface area contributed by atoms with Gasteiger partial charge in [-0.15, -0.1) is 0 Å². The van der Waals surface area contributed by atoms with Crippen molar-refractivity contribution in [2.45, 2.75) is 32.9 Å². The normalized spacial score (nSPS) is 10.2. The minimum atomic E-state index is 0.00958. The molecule has 0 spiro atoms. The summed E-state index contributed by atoms with van der Waals surface area (Å²) in [5.41, 5.74) is 1.81. The average molecular weight is 343 g/mol. The largest absolute Gasteiger partial charge is 0.290 e. The van der Waals surface area contributed by atoms with Gasteiger partial charge in [0.1, 0.15) is 0 Å². The molecule has 0 bridgehead atoms. The third-order valence-corrected chi connectivity index (χ3v) is 4.03. The van der Waals surface area contributed by atoms with Crippen LogP contribution in [0.25, 0.3) is 10.9 Å². The Morgan fingerprint density at radius 3 is 2.58 bits per heavy atom. The molecule has 0 aliphatic carbocycles. The first kappa shape index (κ1) is 16.2. The second-order valence-electron chi connectivity index (χ2n) is 3.83. The first-order valence-electron chi connectivity index (χ1n) is 6.34. The Morgan fingerprint density at radius 1 is 1.37 bits per heavy atom. The molecule has 0 saturated carbocycles. The lowest BCUT2D eigenvalue weighted by Crippen LogP contribution is -2.20. The molecule has 19 heavy (non-hydrogen) atoms. The molecule has 104 valence electrons. The molecule has 1 aromatic carbocycles. The first-order chi connectivity index (χ1) is 9.04. The van der Waals surface area contributed by atoms with Gasteiger partial charge in [-0.3, -0.25) is 9.36 Å². The number of aryl methyl sites for hydroxylation is 1. The molecule has 2 aromatic rings. The Kier molecular flexibility index (Phi) is 6.07. The number of fused-ring (bicyclic) bond motifs is 1. The van der Waals surface area contributed by atoms with Crippen molar-refractivity contribution in [3.8, 4) is 0 Å². The standard InChI is InChI=1S/C12H13BrN2OS.C2H6/c1-4-17-12-14-10-8(11(16)15(12)3)5-7(2)6-9(10)13;1-2/h5-6H,4H2,1-3H3;1-2H3. The highest BCUT2D eigenvalue weighted by molar-refractivity contribution is 9.10. The van der Waals surface area contributed by atoms with Crippen LogP contribution < -0.4 is 5.56 Å². The van der Waals surface area contributed by atoms with E-state index in [1.165, 1.54) is 0 Å². The summed E-state index contributed by atoms with van der Waals surface area (Å²) < 4.78 is 2.49. The maximum atomic E-state index is 12.2. The summed E-state index contributed by atoms with van der Waals surface area (Å²) in [6.45, 7) is 8.02. The zero-order chi connectivity index (χ0) is 14.6. The van der Waals surface area contributed by atoms with Crippen LogP contribution in [0.15, 0.2) is 26.6 Å². The van der Waals surface area contributed by atoms with Crippen LogP contribution in [-0.4, -0.2) is 15.3 Å². The van der Waals surface area contributed by atoms with E-state index in [9.17, 15) is 4.79 Å². The van der Waals surface area contributed by atoms with Gasteiger partial charge in [0.05, 0.1) is 10.9 Å². The molecule has 1 heterocycles. The number of benzene rings is 1. The van der Waals surface area contributed by atoms with Crippen molar-refractivity contribution in [3.63, 3.8) is 0 Å². The van der Waals surface area contributed by atoms with Gasteiger partial charge in [0, 0.05) is 11.5 Å². The Bertz CT molecular complexity index is 637. The number of nitrogens with zero attached hydrogens (tertiary/aromatic N) is 2. The van der Waals surface area contributed by atoms with Crippen molar-refractivity contribution in [1.82, 2.24) is 9.55 Å². The quantitative estimate of drug-likeness (QED) is 0.607. The molecule has 3 nitrogen and oxygen atoms in total. The van der Waals surface area contributed by atoms with E-state index in [4.69, 9.17) is 0 Å². The molecule has 0 saturated heterocycles. The van der Waals surface area contributed by atoms with E-state index < -0.39 is 0 Å². The highest BCUT2D eigenvalue weighted by Gasteiger charge is 2.10. The lowest BCUT2D eigenvalue weighted by Gasteiger charge is -2.09. The number of halogens is 1. The smallest absolute Gasteiger partial charge is 0.261 e. The van der Waals surface area contributed by atoms with Gasteiger partial charge in [0.15, 0.2) is 5.16 Å². The second kappa shape index (κ2) is 7.10. The van der Waals surface area contributed by atoms with Gasteiger partial charge in [-0.2, -0.15) is 0 Å². The zero-order valence-corrected chi connectivity index (χ0v) is 14.4. The van der Waals surface area contributed by atoms with Gasteiger partial charge in [0.2, 0.25) is 0 Å². The van der Waals surface area contributed by atoms with Gasteiger partial charge < -0.3 is 0 Å². The molecule has 0 aliphatic heterocycles. The average Bonchev–Trinajstić information content (AvgIpc) is 2.39. The van der Waals surface area contributed by atoms with Gasteiger partial charge >= 0.3 is 0 Å². The van der Waals surface area contributed by atoms with E-state index in [0.717, 1.165) is 26.5 Å². The van der Waals surface area contributed by atoms with Crippen LogP contribution in [0.1, 0.15) is 26.3 Å². The number of rotatable bonds is 2. The van der Waals surface area contributed by atoms with Crippen LogP contribution in [0, 0.1) is 6.92 Å². The van der Waals surface area contributed by atoms with Crippen molar-refractivity contribution in [3.05, 3.63) is 32.5 Å². The second-order valence-corrected chi connectivity index (χ2v) is 5.92. The molecule has 2 rings (SSSR count). The fourth-order valence-electron chi connectivity index (χ4n) is 1.71. The van der Waals surface area contributed by atoms with Crippen LogP contribution >= 0.6 is 27.7 Å². The van der Waals surface area contributed by atoms with Crippen molar-refractivity contribution < 1.29 is 0 Å². The number of hydrogen-bond donors (Lipinski definition) is 0. The molecule has 5 heteroatoms. The molecular weight excluding hydrogens is 324 g/mol. The van der Waals surface area contributed by atoms with E-state index in [1.807, 2.05) is 39.8 Å². The molecule has 0 fully saturated rings. The van der Waals surface area contributed by atoms with Gasteiger partial charge in [0.25, 0.3) is 5.56 Å². The number of aromatic nitrogens is 2. The molecule has 0 N–H and O–H groups in total. The highest BCUT2D eigenvalue weighted by atomic mass is 79.9. The van der Waals surface area contributed by atoms with Crippen LogP contribution in [0.2, 0.25) is 0 Å². The van der Waals surface area contributed by atoms with Gasteiger partial charge in [-0.05, 0) is 46.3 Å². The highest BCUT2D eigenvalue weighted by Crippen LogP contribution is 2.24.